The van der Waals surface area contributed by atoms with Crippen LogP contribution in [0, 0.1) is 35.1 Å². The number of anilines is 2. The lowest BCUT2D eigenvalue weighted by Gasteiger charge is -2.43. The van der Waals surface area contributed by atoms with Crippen LogP contribution < -0.4 is 15.4 Å². The highest BCUT2D eigenvalue weighted by Gasteiger charge is 2.49. The minimum Gasteiger partial charge on any atom is -0.487 e. The van der Waals surface area contributed by atoms with Crippen molar-refractivity contribution in [1.82, 2.24) is 0 Å². The Hall–Kier alpha value is -3.46. The zero-order valence-corrected chi connectivity index (χ0v) is 21.6. The lowest BCUT2D eigenvalue weighted by Crippen LogP contribution is -2.51. The van der Waals surface area contributed by atoms with E-state index >= 15 is 0 Å². The predicted octanol–water partition coefficient (Wildman–Crippen LogP) is 7.95. The summed E-state index contributed by atoms with van der Waals surface area (Å²) in [5.41, 5.74) is -0.315. The summed E-state index contributed by atoms with van der Waals surface area (Å²) < 4.78 is 63.9. The number of hydrogen-bond acceptors (Lipinski definition) is 4. The van der Waals surface area contributed by atoms with Gasteiger partial charge in [-0.2, -0.15) is 0 Å². The standard InChI is InChI=1S/C29H27ClF4N2O3/c30-19-9-7-18(8-10-19)29(35-25-13-21(31)22(32)14-26(25)36-29)20(16-5-3-1-2-4-6-16)15-39-27-23(33)11-17(28(37)38)12-24(27)34/h7-14,16,20,35-36H,1-6,15H2,(H,37,38). The monoisotopic (exact) mass is 562 g/mol. The summed E-state index contributed by atoms with van der Waals surface area (Å²) in [7, 11) is 0. The van der Waals surface area contributed by atoms with Crippen LogP contribution >= 0.6 is 11.6 Å². The summed E-state index contributed by atoms with van der Waals surface area (Å²) in [4.78, 5) is 11.2. The molecule has 5 nitrogen and oxygen atoms in total. The quantitative estimate of drug-likeness (QED) is 0.201. The molecule has 1 atom stereocenters. The van der Waals surface area contributed by atoms with Crippen molar-refractivity contribution in [2.45, 2.75) is 44.2 Å². The van der Waals surface area contributed by atoms with E-state index in [9.17, 15) is 22.4 Å². The summed E-state index contributed by atoms with van der Waals surface area (Å²) >= 11 is 6.17. The number of carboxylic acids is 1. The first kappa shape index (κ1) is 27.1. The molecule has 0 saturated heterocycles. The van der Waals surface area contributed by atoms with Crippen LogP contribution in [0.15, 0.2) is 48.5 Å². The number of ether oxygens (including phenoxy) is 1. The highest BCUT2D eigenvalue weighted by atomic mass is 35.5. The Morgan fingerprint density at radius 1 is 0.897 bits per heavy atom. The molecular weight excluding hydrogens is 536 g/mol. The molecule has 1 aliphatic carbocycles. The molecule has 1 fully saturated rings. The number of rotatable bonds is 7. The molecule has 5 rings (SSSR count). The summed E-state index contributed by atoms with van der Waals surface area (Å²) in [5.74, 6) is -6.91. The van der Waals surface area contributed by atoms with Crippen LogP contribution in [0.3, 0.4) is 0 Å². The van der Waals surface area contributed by atoms with Crippen molar-refractivity contribution in [3.8, 4) is 5.75 Å². The Balaban J connectivity index is 1.59. The summed E-state index contributed by atoms with van der Waals surface area (Å²) in [5, 5.41) is 16.3. The zero-order valence-electron chi connectivity index (χ0n) is 20.9. The third-order valence-electron chi connectivity index (χ3n) is 7.70. The van der Waals surface area contributed by atoms with Crippen LogP contribution in [0.2, 0.25) is 5.02 Å². The fourth-order valence-electron chi connectivity index (χ4n) is 5.79. The van der Waals surface area contributed by atoms with Gasteiger partial charge in [-0.3, -0.25) is 0 Å². The second-order valence-corrected chi connectivity index (χ2v) is 10.6. The number of nitrogens with one attached hydrogen (secondary N) is 2. The fourth-order valence-corrected chi connectivity index (χ4v) is 5.91. The van der Waals surface area contributed by atoms with Crippen LogP contribution in [0.1, 0.15) is 54.4 Å². The van der Waals surface area contributed by atoms with Gasteiger partial charge in [0.2, 0.25) is 0 Å². The van der Waals surface area contributed by atoms with Gasteiger partial charge in [-0.15, -0.1) is 0 Å². The molecule has 3 N–H and O–H groups in total. The van der Waals surface area contributed by atoms with Crippen molar-refractivity contribution in [1.29, 1.82) is 0 Å². The normalized spacial score (nSPS) is 17.5. The molecule has 1 unspecified atom stereocenters. The maximum Gasteiger partial charge on any atom is 0.335 e. The highest BCUT2D eigenvalue weighted by molar-refractivity contribution is 6.30. The zero-order chi connectivity index (χ0) is 27.7. The molecule has 0 spiro atoms. The van der Waals surface area contributed by atoms with E-state index in [4.69, 9.17) is 21.4 Å². The molecule has 1 aliphatic heterocycles. The lowest BCUT2D eigenvalue weighted by atomic mass is 9.75. The third-order valence-corrected chi connectivity index (χ3v) is 7.95. The van der Waals surface area contributed by atoms with Crippen molar-refractivity contribution in [2.75, 3.05) is 17.2 Å². The molecule has 0 aromatic heterocycles. The van der Waals surface area contributed by atoms with E-state index < -0.39 is 52.1 Å². The number of aromatic carboxylic acids is 1. The smallest absolute Gasteiger partial charge is 0.335 e. The maximum absolute atomic E-state index is 14.8. The molecule has 0 radical (unpaired) electrons. The minimum absolute atomic E-state index is 0.0107. The lowest BCUT2D eigenvalue weighted by molar-refractivity contribution is 0.0695. The first-order chi connectivity index (χ1) is 18.7. The topological polar surface area (TPSA) is 70.6 Å². The Morgan fingerprint density at radius 3 is 1.95 bits per heavy atom. The third kappa shape index (κ3) is 5.37. The predicted molar refractivity (Wildman–Crippen MR) is 140 cm³/mol. The Bertz CT molecular complexity index is 1320. The van der Waals surface area contributed by atoms with Gasteiger partial charge in [0.1, 0.15) is 5.66 Å². The van der Waals surface area contributed by atoms with E-state index in [-0.39, 0.29) is 12.5 Å². The van der Waals surface area contributed by atoms with Crippen LogP contribution in [0.4, 0.5) is 28.9 Å². The minimum atomic E-state index is -1.46. The second kappa shape index (κ2) is 11.0. The van der Waals surface area contributed by atoms with Gasteiger partial charge in [0.15, 0.2) is 29.0 Å². The number of carboxylic acid groups (broad SMARTS) is 1. The Kier molecular flexibility index (Phi) is 7.62. The van der Waals surface area contributed by atoms with E-state index in [0.717, 1.165) is 50.7 Å². The SMILES string of the molecule is O=C(O)c1cc(F)c(OCC(C2CCCCCC2)C2(c3ccc(Cl)cc3)Nc3cc(F)c(F)cc3N2)c(F)c1. The van der Waals surface area contributed by atoms with Crippen molar-refractivity contribution in [3.05, 3.63) is 87.9 Å². The summed E-state index contributed by atoms with van der Waals surface area (Å²) in [6, 6.07) is 10.5. The second-order valence-electron chi connectivity index (χ2n) is 10.1. The molecule has 10 heteroatoms. The molecule has 1 heterocycles. The van der Waals surface area contributed by atoms with Gasteiger partial charge in [-0.1, -0.05) is 49.4 Å². The molecule has 2 aliphatic rings. The van der Waals surface area contributed by atoms with E-state index in [1.165, 1.54) is 0 Å². The molecule has 3 aromatic rings. The van der Waals surface area contributed by atoms with Gasteiger partial charge in [0.05, 0.1) is 23.5 Å². The van der Waals surface area contributed by atoms with Crippen LogP contribution in [-0.4, -0.2) is 17.7 Å². The average Bonchev–Trinajstić information content (AvgIpc) is 3.06. The van der Waals surface area contributed by atoms with Crippen LogP contribution in [0.25, 0.3) is 0 Å². The molecule has 39 heavy (non-hydrogen) atoms. The van der Waals surface area contributed by atoms with Gasteiger partial charge >= 0.3 is 5.97 Å². The number of hydrogen-bond donors (Lipinski definition) is 3. The van der Waals surface area contributed by atoms with E-state index in [1.54, 1.807) is 24.3 Å². The van der Waals surface area contributed by atoms with Crippen molar-refractivity contribution in [2.24, 2.45) is 11.8 Å². The largest absolute Gasteiger partial charge is 0.487 e. The number of carbonyl (C=O) groups is 1. The number of fused-ring (bicyclic) bond motifs is 1. The maximum atomic E-state index is 14.8. The van der Waals surface area contributed by atoms with Crippen molar-refractivity contribution in [3.63, 3.8) is 0 Å². The van der Waals surface area contributed by atoms with E-state index in [1.807, 2.05) is 0 Å². The molecule has 0 bridgehead atoms. The van der Waals surface area contributed by atoms with Crippen LogP contribution in [-0.2, 0) is 5.66 Å². The van der Waals surface area contributed by atoms with E-state index in [0.29, 0.717) is 34.1 Å². The van der Waals surface area contributed by atoms with Gasteiger partial charge in [0, 0.05) is 23.1 Å². The van der Waals surface area contributed by atoms with Gasteiger partial charge in [0.25, 0.3) is 0 Å². The van der Waals surface area contributed by atoms with Crippen molar-refractivity contribution < 1.29 is 32.2 Å². The molecule has 1 saturated carbocycles. The molecular formula is C29H27ClF4N2O3. The van der Waals surface area contributed by atoms with E-state index in [2.05, 4.69) is 10.6 Å². The number of benzene rings is 3. The summed E-state index contributed by atoms with van der Waals surface area (Å²) in [6.07, 6.45) is 5.63. The van der Waals surface area contributed by atoms with Crippen molar-refractivity contribution >= 4 is 28.9 Å². The van der Waals surface area contributed by atoms with Gasteiger partial charge < -0.3 is 20.5 Å². The Morgan fingerprint density at radius 2 is 1.44 bits per heavy atom. The molecule has 206 valence electrons. The summed E-state index contributed by atoms with van der Waals surface area (Å²) in [6.45, 7) is -0.174. The first-order valence-electron chi connectivity index (χ1n) is 12.8. The molecule has 0 amide bonds. The first-order valence-corrected chi connectivity index (χ1v) is 13.2. The molecule has 3 aromatic carbocycles. The van der Waals surface area contributed by atoms with Crippen LogP contribution in [0.5, 0.6) is 5.75 Å². The highest BCUT2D eigenvalue weighted by Crippen LogP contribution is 2.49. The van der Waals surface area contributed by atoms with Gasteiger partial charge in [-0.05, 0) is 48.6 Å². The fraction of sp³-hybridized carbons (Fsp3) is 0.345. The average molecular weight is 563 g/mol. The van der Waals surface area contributed by atoms with Gasteiger partial charge in [-0.25, -0.2) is 22.4 Å². The number of halogens is 5. The Labute approximate surface area is 228 Å².